The van der Waals surface area contributed by atoms with Crippen molar-refractivity contribution in [2.45, 2.75) is 13.5 Å². The molecular formula is C14H14ClN3O2. The normalized spacial score (nSPS) is 11.4. The van der Waals surface area contributed by atoms with Gasteiger partial charge >= 0.3 is 0 Å². The maximum atomic E-state index is 8.82. The van der Waals surface area contributed by atoms with E-state index in [0.717, 1.165) is 11.1 Å². The zero-order valence-corrected chi connectivity index (χ0v) is 11.6. The Morgan fingerprint density at radius 1 is 1.35 bits per heavy atom. The summed E-state index contributed by atoms with van der Waals surface area (Å²) in [5, 5.41) is 12.5. The van der Waals surface area contributed by atoms with Crippen LogP contribution in [0.5, 0.6) is 5.88 Å². The van der Waals surface area contributed by atoms with E-state index in [1.54, 1.807) is 24.4 Å². The van der Waals surface area contributed by atoms with Crippen LogP contribution in [0, 0.1) is 6.92 Å². The second-order valence-corrected chi connectivity index (χ2v) is 4.64. The first-order valence-electron chi connectivity index (χ1n) is 5.92. The fourth-order valence-corrected chi connectivity index (χ4v) is 1.86. The number of halogens is 1. The molecule has 1 heterocycles. The largest absolute Gasteiger partial charge is 0.472 e. The van der Waals surface area contributed by atoms with Crippen LogP contribution in [-0.4, -0.2) is 16.0 Å². The van der Waals surface area contributed by atoms with Crippen molar-refractivity contribution in [1.82, 2.24) is 4.98 Å². The molecule has 0 saturated heterocycles. The highest BCUT2D eigenvalue weighted by Gasteiger charge is 2.13. The molecular weight excluding hydrogens is 278 g/mol. The predicted octanol–water partition coefficient (Wildman–Crippen LogP) is 2.72. The van der Waals surface area contributed by atoms with Crippen molar-refractivity contribution in [1.29, 1.82) is 0 Å². The lowest BCUT2D eigenvalue weighted by atomic mass is 10.1. The van der Waals surface area contributed by atoms with E-state index in [9.17, 15) is 0 Å². The lowest BCUT2D eigenvalue weighted by Crippen LogP contribution is -2.17. The average molecular weight is 292 g/mol. The topological polar surface area (TPSA) is 80.7 Å². The van der Waals surface area contributed by atoms with Crippen LogP contribution in [0.4, 0.5) is 0 Å². The first-order valence-corrected chi connectivity index (χ1v) is 6.30. The van der Waals surface area contributed by atoms with Crippen LogP contribution < -0.4 is 10.5 Å². The number of hydrogen-bond donors (Lipinski definition) is 2. The van der Waals surface area contributed by atoms with Crippen LogP contribution in [-0.2, 0) is 6.61 Å². The van der Waals surface area contributed by atoms with Crippen molar-refractivity contribution in [2.24, 2.45) is 10.9 Å². The lowest BCUT2D eigenvalue weighted by Gasteiger charge is -2.11. The number of benzene rings is 1. The first-order chi connectivity index (χ1) is 9.61. The molecule has 104 valence electrons. The summed E-state index contributed by atoms with van der Waals surface area (Å²) in [6.45, 7) is 2.16. The molecule has 0 radical (unpaired) electrons. The fraction of sp³-hybridized carbons (Fsp3) is 0.143. The van der Waals surface area contributed by atoms with E-state index in [2.05, 4.69) is 10.1 Å². The van der Waals surface area contributed by atoms with Gasteiger partial charge in [-0.3, -0.25) is 0 Å². The summed E-state index contributed by atoms with van der Waals surface area (Å²) in [4.78, 5) is 4.12. The van der Waals surface area contributed by atoms with Crippen molar-refractivity contribution < 1.29 is 9.94 Å². The molecule has 0 aliphatic rings. The summed E-state index contributed by atoms with van der Waals surface area (Å²) < 4.78 is 5.64. The number of aromatic nitrogens is 1. The van der Waals surface area contributed by atoms with E-state index in [1.807, 2.05) is 19.1 Å². The van der Waals surface area contributed by atoms with Gasteiger partial charge in [0.05, 0.1) is 5.56 Å². The number of pyridine rings is 1. The standard InChI is InChI=1S/C14H14ClN3O2/c1-9-6-7-17-14(12(9)13(16)18-19)20-8-10-2-4-11(15)5-3-10/h2-7,19H,8H2,1H3,(H2,16,18). The van der Waals surface area contributed by atoms with E-state index < -0.39 is 0 Å². The third-order valence-corrected chi connectivity index (χ3v) is 3.03. The van der Waals surface area contributed by atoms with Gasteiger partial charge in [0.25, 0.3) is 0 Å². The zero-order valence-electron chi connectivity index (χ0n) is 10.9. The maximum Gasteiger partial charge on any atom is 0.225 e. The molecule has 0 amide bonds. The SMILES string of the molecule is Cc1ccnc(OCc2ccc(Cl)cc2)c1/C(N)=N/O. The second-order valence-electron chi connectivity index (χ2n) is 4.21. The third-order valence-electron chi connectivity index (χ3n) is 2.78. The van der Waals surface area contributed by atoms with Gasteiger partial charge in [-0.25, -0.2) is 4.98 Å². The van der Waals surface area contributed by atoms with E-state index in [0.29, 0.717) is 23.1 Å². The number of nitrogens with zero attached hydrogens (tertiary/aromatic N) is 2. The van der Waals surface area contributed by atoms with Crippen LogP contribution in [0.2, 0.25) is 5.02 Å². The highest BCUT2D eigenvalue weighted by atomic mass is 35.5. The highest BCUT2D eigenvalue weighted by Crippen LogP contribution is 2.20. The second kappa shape index (κ2) is 6.25. The molecule has 5 nitrogen and oxygen atoms in total. The molecule has 0 unspecified atom stereocenters. The molecule has 0 saturated carbocycles. The Morgan fingerprint density at radius 3 is 2.70 bits per heavy atom. The number of hydrogen-bond acceptors (Lipinski definition) is 4. The molecule has 6 heteroatoms. The third kappa shape index (κ3) is 3.19. The van der Waals surface area contributed by atoms with Gasteiger partial charge in [-0.05, 0) is 36.2 Å². The summed E-state index contributed by atoms with van der Waals surface area (Å²) in [6.07, 6.45) is 1.61. The van der Waals surface area contributed by atoms with Crippen molar-refractivity contribution >= 4 is 17.4 Å². The molecule has 0 bridgehead atoms. The molecule has 0 fully saturated rings. The van der Waals surface area contributed by atoms with Gasteiger partial charge in [0.1, 0.15) is 6.61 Å². The van der Waals surface area contributed by atoms with Crippen LogP contribution in [0.1, 0.15) is 16.7 Å². The van der Waals surface area contributed by atoms with Crippen molar-refractivity contribution in [3.8, 4) is 5.88 Å². The minimum absolute atomic E-state index is 0.0262. The van der Waals surface area contributed by atoms with Gasteiger partial charge in [0, 0.05) is 11.2 Å². The van der Waals surface area contributed by atoms with Gasteiger partial charge in [0.15, 0.2) is 5.84 Å². The first kappa shape index (κ1) is 14.1. The van der Waals surface area contributed by atoms with E-state index in [1.165, 1.54) is 0 Å². The molecule has 2 aromatic rings. The Kier molecular flexibility index (Phi) is 4.42. The van der Waals surface area contributed by atoms with Crippen LogP contribution in [0.15, 0.2) is 41.7 Å². The maximum absolute atomic E-state index is 8.82. The number of oxime groups is 1. The van der Waals surface area contributed by atoms with Crippen molar-refractivity contribution in [3.63, 3.8) is 0 Å². The molecule has 0 atom stereocenters. The number of aryl methyl sites for hydroxylation is 1. The van der Waals surface area contributed by atoms with Crippen molar-refractivity contribution in [2.75, 3.05) is 0 Å². The summed E-state index contributed by atoms with van der Waals surface area (Å²) in [5.74, 6) is 0.303. The van der Waals surface area contributed by atoms with Crippen molar-refractivity contribution in [3.05, 3.63) is 58.2 Å². The van der Waals surface area contributed by atoms with E-state index in [-0.39, 0.29) is 5.84 Å². The molecule has 0 aliphatic heterocycles. The summed E-state index contributed by atoms with van der Waals surface area (Å²) >= 11 is 5.82. The number of ether oxygens (including phenoxy) is 1. The molecule has 1 aromatic heterocycles. The lowest BCUT2D eigenvalue weighted by molar-refractivity contribution is 0.291. The van der Waals surface area contributed by atoms with Gasteiger partial charge in [-0.1, -0.05) is 28.9 Å². The fourth-order valence-electron chi connectivity index (χ4n) is 1.74. The molecule has 20 heavy (non-hydrogen) atoms. The Balaban J connectivity index is 2.21. The van der Waals surface area contributed by atoms with Crippen LogP contribution in [0.25, 0.3) is 0 Å². The summed E-state index contributed by atoms with van der Waals surface area (Å²) in [5.41, 5.74) is 7.91. The summed E-state index contributed by atoms with van der Waals surface area (Å²) in [6, 6.07) is 9.06. The average Bonchev–Trinajstić information content (AvgIpc) is 2.46. The predicted molar refractivity (Wildman–Crippen MR) is 77.3 cm³/mol. The number of amidine groups is 1. The minimum Gasteiger partial charge on any atom is -0.472 e. The minimum atomic E-state index is -0.0262. The van der Waals surface area contributed by atoms with E-state index >= 15 is 0 Å². The smallest absolute Gasteiger partial charge is 0.225 e. The van der Waals surface area contributed by atoms with E-state index in [4.69, 9.17) is 27.3 Å². The summed E-state index contributed by atoms with van der Waals surface area (Å²) in [7, 11) is 0. The van der Waals surface area contributed by atoms with Gasteiger partial charge in [0.2, 0.25) is 5.88 Å². The Labute approximate surface area is 121 Å². The molecule has 2 rings (SSSR count). The molecule has 0 aliphatic carbocycles. The monoisotopic (exact) mass is 291 g/mol. The zero-order chi connectivity index (χ0) is 14.5. The quantitative estimate of drug-likeness (QED) is 0.393. The molecule has 1 aromatic carbocycles. The van der Waals surface area contributed by atoms with Crippen LogP contribution >= 0.6 is 11.6 Å². The highest BCUT2D eigenvalue weighted by molar-refractivity contribution is 6.30. The molecule has 0 spiro atoms. The van der Waals surface area contributed by atoms with Crippen LogP contribution in [0.3, 0.4) is 0 Å². The van der Waals surface area contributed by atoms with Gasteiger partial charge in [-0.15, -0.1) is 0 Å². The Hall–Kier alpha value is -2.27. The Bertz CT molecular complexity index is 627. The Morgan fingerprint density at radius 2 is 2.05 bits per heavy atom. The molecule has 3 N–H and O–H groups in total. The number of nitrogens with two attached hydrogens (primary N) is 1. The van der Waals surface area contributed by atoms with Gasteiger partial charge in [-0.2, -0.15) is 0 Å². The number of rotatable bonds is 4. The van der Waals surface area contributed by atoms with Gasteiger partial charge < -0.3 is 15.7 Å².